The molecule has 1 heterocycles. The van der Waals surface area contributed by atoms with E-state index in [0.29, 0.717) is 12.1 Å². The molecule has 0 bridgehead atoms. The Kier molecular flexibility index (Phi) is 6.46. The predicted octanol–water partition coefficient (Wildman–Crippen LogP) is 3.38. The van der Waals surface area contributed by atoms with Crippen LogP contribution >= 0.6 is 11.6 Å². The number of sulfonamides is 1. The van der Waals surface area contributed by atoms with Crippen LogP contribution in [0.1, 0.15) is 12.0 Å². The molecule has 3 aromatic rings. The first-order valence-electron chi connectivity index (χ1n) is 8.86. The Balaban J connectivity index is 1.64. The largest absolute Gasteiger partial charge is 0.268 e. The molecule has 0 amide bonds. The van der Waals surface area contributed by atoms with Gasteiger partial charge in [0.05, 0.1) is 15.6 Å². The maximum Gasteiger partial charge on any atom is 0.266 e. The summed E-state index contributed by atoms with van der Waals surface area (Å²) in [6, 6.07) is 14.1. The Hall–Kier alpha value is -2.55. The molecule has 3 rings (SSSR count). The second-order valence-electron chi connectivity index (χ2n) is 6.47. The summed E-state index contributed by atoms with van der Waals surface area (Å²) in [7, 11) is -3.83. The van der Waals surface area contributed by atoms with Crippen LogP contribution in [0.3, 0.4) is 0 Å². The number of halogens is 2. The average molecular weight is 436 g/mol. The summed E-state index contributed by atoms with van der Waals surface area (Å²) in [4.78, 5) is 11.9. The third-order valence-electron chi connectivity index (χ3n) is 4.25. The van der Waals surface area contributed by atoms with Crippen LogP contribution in [0.15, 0.2) is 64.3 Å². The van der Waals surface area contributed by atoms with E-state index in [-0.39, 0.29) is 28.6 Å². The van der Waals surface area contributed by atoms with Crippen LogP contribution in [-0.4, -0.2) is 24.7 Å². The zero-order valence-corrected chi connectivity index (χ0v) is 17.2. The Morgan fingerprint density at radius 3 is 2.52 bits per heavy atom. The molecular weight excluding hydrogens is 417 g/mol. The maximum absolute atomic E-state index is 13.2. The van der Waals surface area contributed by atoms with Gasteiger partial charge in [0.15, 0.2) is 0 Å². The van der Waals surface area contributed by atoms with E-state index in [1.807, 2.05) is 31.2 Å². The lowest BCUT2D eigenvalue weighted by molar-refractivity contribution is 0.536. The van der Waals surface area contributed by atoms with Gasteiger partial charge in [0, 0.05) is 24.7 Å². The normalized spacial score (nSPS) is 11.6. The second-order valence-corrected chi connectivity index (χ2v) is 8.65. The number of aryl methyl sites for hydroxylation is 2. The molecule has 29 heavy (non-hydrogen) atoms. The zero-order chi connectivity index (χ0) is 21.0. The first kappa shape index (κ1) is 21.2. The van der Waals surface area contributed by atoms with Crippen molar-refractivity contribution in [2.45, 2.75) is 24.8 Å². The number of nitrogens with zero attached hydrogens (tertiary/aromatic N) is 2. The molecule has 1 N–H and O–H groups in total. The molecule has 0 aliphatic carbocycles. The van der Waals surface area contributed by atoms with Crippen LogP contribution in [0.25, 0.3) is 11.3 Å². The summed E-state index contributed by atoms with van der Waals surface area (Å²) in [6.07, 6.45) is 0.346. The molecule has 0 saturated carbocycles. The second kappa shape index (κ2) is 8.86. The fourth-order valence-electron chi connectivity index (χ4n) is 2.65. The summed E-state index contributed by atoms with van der Waals surface area (Å²) in [5.41, 5.74) is 2.40. The minimum atomic E-state index is -3.83. The molecular formula is C20H19ClFN3O3S. The van der Waals surface area contributed by atoms with Gasteiger partial charge in [-0.25, -0.2) is 22.2 Å². The molecule has 2 aromatic carbocycles. The summed E-state index contributed by atoms with van der Waals surface area (Å²) in [6.45, 7) is 2.31. The van der Waals surface area contributed by atoms with Crippen molar-refractivity contribution >= 4 is 21.6 Å². The van der Waals surface area contributed by atoms with Gasteiger partial charge in [-0.05, 0) is 37.6 Å². The maximum atomic E-state index is 13.2. The summed E-state index contributed by atoms with van der Waals surface area (Å²) >= 11 is 5.64. The average Bonchev–Trinajstić information content (AvgIpc) is 2.69. The van der Waals surface area contributed by atoms with E-state index in [0.717, 1.165) is 29.3 Å². The van der Waals surface area contributed by atoms with Crippen molar-refractivity contribution in [1.82, 2.24) is 14.5 Å². The Bertz CT molecular complexity index is 1180. The van der Waals surface area contributed by atoms with Crippen LogP contribution in [0, 0.1) is 12.7 Å². The number of rotatable bonds is 7. The quantitative estimate of drug-likeness (QED) is 0.577. The van der Waals surface area contributed by atoms with Crippen LogP contribution in [-0.2, 0) is 16.6 Å². The molecule has 0 spiro atoms. The fourth-order valence-corrected chi connectivity index (χ4v) is 4.00. The Labute approximate surface area is 173 Å². The van der Waals surface area contributed by atoms with E-state index in [4.69, 9.17) is 11.6 Å². The van der Waals surface area contributed by atoms with E-state index in [1.165, 1.54) is 10.7 Å². The van der Waals surface area contributed by atoms with Gasteiger partial charge < -0.3 is 0 Å². The number of hydrogen-bond acceptors (Lipinski definition) is 4. The highest BCUT2D eigenvalue weighted by atomic mass is 35.5. The molecule has 0 atom stereocenters. The molecule has 0 unspecified atom stereocenters. The SMILES string of the molecule is Cc1ccc(-c2ccc(=O)n(CCCNS(=O)(=O)c3ccc(F)c(Cl)c3)n2)cc1. The van der Waals surface area contributed by atoms with Gasteiger partial charge in [0.2, 0.25) is 10.0 Å². The first-order chi connectivity index (χ1) is 13.8. The molecule has 0 saturated heterocycles. The van der Waals surface area contributed by atoms with Crippen molar-refractivity contribution in [2.75, 3.05) is 6.54 Å². The molecule has 9 heteroatoms. The van der Waals surface area contributed by atoms with Gasteiger partial charge in [0.1, 0.15) is 5.82 Å². The Morgan fingerprint density at radius 1 is 1.10 bits per heavy atom. The molecule has 152 valence electrons. The molecule has 1 aromatic heterocycles. The molecule has 0 fully saturated rings. The van der Waals surface area contributed by atoms with E-state index in [9.17, 15) is 17.6 Å². The third kappa shape index (κ3) is 5.29. The zero-order valence-electron chi connectivity index (χ0n) is 15.6. The molecule has 0 radical (unpaired) electrons. The van der Waals surface area contributed by atoms with Crippen LogP contribution in [0.4, 0.5) is 4.39 Å². The molecule has 6 nitrogen and oxygen atoms in total. The van der Waals surface area contributed by atoms with Crippen LogP contribution in [0.5, 0.6) is 0 Å². The van der Waals surface area contributed by atoms with Crippen LogP contribution in [0.2, 0.25) is 5.02 Å². The molecule has 0 aliphatic heterocycles. The van der Waals surface area contributed by atoms with Gasteiger partial charge in [-0.3, -0.25) is 4.79 Å². The van der Waals surface area contributed by atoms with E-state index in [1.54, 1.807) is 6.07 Å². The van der Waals surface area contributed by atoms with Crippen molar-refractivity contribution in [3.63, 3.8) is 0 Å². The number of benzene rings is 2. The molecule has 0 aliphatic rings. The van der Waals surface area contributed by atoms with Crippen molar-refractivity contribution in [2.24, 2.45) is 0 Å². The minimum Gasteiger partial charge on any atom is -0.268 e. The number of hydrogen-bond donors (Lipinski definition) is 1. The fraction of sp³-hybridized carbons (Fsp3) is 0.200. The number of nitrogens with one attached hydrogen (secondary N) is 1. The van der Waals surface area contributed by atoms with Crippen molar-refractivity contribution in [3.05, 3.63) is 81.4 Å². The highest BCUT2D eigenvalue weighted by molar-refractivity contribution is 7.89. The summed E-state index contributed by atoms with van der Waals surface area (Å²) < 4.78 is 41.5. The van der Waals surface area contributed by atoms with E-state index in [2.05, 4.69) is 9.82 Å². The number of aromatic nitrogens is 2. The Morgan fingerprint density at radius 2 is 1.83 bits per heavy atom. The summed E-state index contributed by atoms with van der Waals surface area (Å²) in [5, 5.41) is 4.09. The van der Waals surface area contributed by atoms with E-state index < -0.39 is 15.8 Å². The van der Waals surface area contributed by atoms with Crippen molar-refractivity contribution < 1.29 is 12.8 Å². The monoisotopic (exact) mass is 435 g/mol. The van der Waals surface area contributed by atoms with Crippen molar-refractivity contribution in [3.8, 4) is 11.3 Å². The minimum absolute atomic E-state index is 0.0835. The van der Waals surface area contributed by atoms with Gasteiger partial charge in [-0.1, -0.05) is 41.4 Å². The third-order valence-corrected chi connectivity index (χ3v) is 6.00. The lowest BCUT2D eigenvalue weighted by atomic mass is 10.1. The predicted molar refractivity (Wildman–Crippen MR) is 110 cm³/mol. The van der Waals surface area contributed by atoms with Crippen LogP contribution < -0.4 is 10.3 Å². The van der Waals surface area contributed by atoms with Gasteiger partial charge >= 0.3 is 0 Å². The highest BCUT2D eigenvalue weighted by Gasteiger charge is 2.15. The van der Waals surface area contributed by atoms with Gasteiger partial charge in [-0.2, -0.15) is 5.10 Å². The first-order valence-corrected chi connectivity index (χ1v) is 10.7. The highest BCUT2D eigenvalue weighted by Crippen LogP contribution is 2.19. The van der Waals surface area contributed by atoms with Gasteiger partial charge in [0.25, 0.3) is 5.56 Å². The van der Waals surface area contributed by atoms with Crippen molar-refractivity contribution in [1.29, 1.82) is 0 Å². The summed E-state index contributed by atoms with van der Waals surface area (Å²) in [5.74, 6) is -0.690. The lowest BCUT2D eigenvalue weighted by Gasteiger charge is -2.09. The lowest BCUT2D eigenvalue weighted by Crippen LogP contribution is -2.28. The topological polar surface area (TPSA) is 81.1 Å². The van der Waals surface area contributed by atoms with E-state index >= 15 is 0 Å². The van der Waals surface area contributed by atoms with Gasteiger partial charge in [-0.15, -0.1) is 0 Å². The smallest absolute Gasteiger partial charge is 0.266 e. The standard InChI is InChI=1S/C20H19ClFN3O3S/c1-14-3-5-15(6-4-14)19-9-10-20(26)25(24-19)12-2-11-23-29(27,28)16-7-8-18(22)17(21)13-16/h3-10,13,23H,2,11-12H2,1H3.